The molecule has 0 saturated carbocycles. The number of carbonyl (C=O) groups is 1. The second-order valence-corrected chi connectivity index (χ2v) is 7.13. The molecule has 28 heavy (non-hydrogen) atoms. The lowest BCUT2D eigenvalue weighted by atomic mass is 10.1. The van der Waals surface area contributed by atoms with E-state index < -0.39 is 0 Å². The highest BCUT2D eigenvalue weighted by Gasteiger charge is 2.48. The maximum atomic E-state index is 13.2. The number of nitrogens with zero attached hydrogens (tertiary/aromatic N) is 5. The molecule has 4 heterocycles. The number of likely N-dealkylation sites (tertiary alicyclic amines) is 1. The van der Waals surface area contributed by atoms with Crippen LogP contribution in [-0.4, -0.2) is 36.6 Å². The van der Waals surface area contributed by atoms with Crippen molar-refractivity contribution in [2.45, 2.75) is 31.8 Å². The van der Waals surface area contributed by atoms with Gasteiger partial charge in [-0.3, -0.25) is 9.36 Å². The first kappa shape index (κ1) is 16.6. The molecule has 2 atom stereocenters. The van der Waals surface area contributed by atoms with E-state index in [1.807, 2.05) is 13.0 Å². The lowest BCUT2D eigenvalue weighted by Crippen LogP contribution is -2.37. The van der Waals surface area contributed by atoms with Crippen LogP contribution in [0.5, 0.6) is 5.88 Å². The van der Waals surface area contributed by atoms with E-state index in [4.69, 9.17) is 6.57 Å². The number of fused-ring (bicyclic) bond motifs is 6. The average molecular weight is 375 g/mol. The molecule has 0 spiro atoms. The van der Waals surface area contributed by atoms with Gasteiger partial charge in [0.1, 0.15) is 17.6 Å². The van der Waals surface area contributed by atoms with Gasteiger partial charge in [-0.15, -0.1) is 4.98 Å². The molecule has 5 rings (SSSR count). The summed E-state index contributed by atoms with van der Waals surface area (Å²) in [7, 11) is 0. The van der Waals surface area contributed by atoms with Crippen molar-refractivity contribution in [3.63, 3.8) is 0 Å². The molecule has 1 amide bonds. The van der Waals surface area contributed by atoms with Gasteiger partial charge in [0.25, 0.3) is 5.82 Å². The Morgan fingerprint density at radius 3 is 2.82 bits per heavy atom. The van der Waals surface area contributed by atoms with E-state index in [1.54, 1.807) is 27.7 Å². The molecule has 8 heteroatoms. The Hall–Kier alpha value is -3.60. The normalized spacial score (nSPS) is 19.8. The van der Waals surface area contributed by atoms with Gasteiger partial charge in [-0.2, -0.15) is 0 Å². The van der Waals surface area contributed by atoms with Gasteiger partial charge < -0.3 is 14.9 Å². The minimum atomic E-state index is -0.342. The third-order valence-corrected chi connectivity index (χ3v) is 5.78. The Morgan fingerprint density at radius 2 is 2.11 bits per heavy atom. The molecule has 1 unspecified atom stereocenters. The van der Waals surface area contributed by atoms with E-state index in [0.717, 1.165) is 0 Å². The molecule has 2 aliphatic heterocycles. The summed E-state index contributed by atoms with van der Waals surface area (Å²) in [5, 5.41) is 12.3. The maximum absolute atomic E-state index is 13.2. The zero-order valence-corrected chi connectivity index (χ0v) is 15.2. The van der Waals surface area contributed by atoms with Crippen LogP contribution in [0.4, 0.5) is 5.82 Å². The van der Waals surface area contributed by atoms with Crippen LogP contribution in [0.25, 0.3) is 21.3 Å². The van der Waals surface area contributed by atoms with E-state index in [9.17, 15) is 14.7 Å². The average Bonchev–Trinajstić information content (AvgIpc) is 3.38. The number of rotatable bonds is 2. The molecule has 2 aromatic heterocycles. The monoisotopic (exact) mass is 375 g/mol. The van der Waals surface area contributed by atoms with Crippen LogP contribution in [0.1, 0.15) is 37.5 Å². The van der Waals surface area contributed by atoms with Crippen LogP contribution < -0.4 is 5.69 Å². The van der Waals surface area contributed by atoms with Crippen molar-refractivity contribution < 1.29 is 9.90 Å². The third-order valence-electron chi connectivity index (χ3n) is 5.78. The molecule has 3 aromatic rings. The molecule has 1 aromatic carbocycles. The topological polar surface area (TPSA) is 84.7 Å². The van der Waals surface area contributed by atoms with Gasteiger partial charge in [0, 0.05) is 23.7 Å². The van der Waals surface area contributed by atoms with Gasteiger partial charge in [0.2, 0.25) is 11.8 Å². The Kier molecular flexibility index (Phi) is 3.37. The van der Waals surface area contributed by atoms with E-state index in [0.29, 0.717) is 41.5 Å². The summed E-state index contributed by atoms with van der Waals surface area (Å²) in [6.07, 6.45) is 2.49. The largest absolute Gasteiger partial charge is 0.493 e. The van der Waals surface area contributed by atoms with Crippen LogP contribution in [0.3, 0.4) is 0 Å². The van der Waals surface area contributed by atoms with Gasteiger partial charge in [0.15, 0.2) is 0 Å². The van der Waals surface area contributed by atoms with Crippen LogP contribution in [-0.2, 0) is 4.79 Å². The highest BCUT2D eigenvalue weighted by Crippen LogP contribution is 2.49. The molecular formula is C20H17N5O3. The van der Waals surface area contributed by atoms with Crippen molar-refractivity contribution in [2.75, 3.05) is 6.54 Å². The maximum Gasteiger partial charge on any atom is 0.336 e. The van der Waals surface area contributed by atoms with E-state index in [2.05, 4.69) is 9.83 Å². The number of hydrogen-bond donors (Lipinski definition) is 1. The fourth-order valence-electron chi connectivity index (χ4n) is 4.57. The van der Waals surface area contributed by atoms with Crippen molar-refractivity contribution in [1.29, 1.82) is 0 Å². The smallest absolute Gasteiger partial charge is 0.336 e. The summed E-state index contributed by atoms with van der Waals surface area (Å²) in [6.45, 7) is 9.61. The van der Waals surface area contributed by atoms with Crippen LogP contribution >= 0.6 is 0 Å². The fraction of sp³-hybridized carbons (Fsp3) is 0.300. The zero-order chi connectivity index (χ0) is 19.6. The molecule has 0 radical (unpaired) electrons. The SMILES string of the molecule is [C-]#[N+]c1ncc(-n2c(O)c3n(c2=O)C2C[C@H]3N(C(=O)CC)C2)c2ccccc12. The molecule has 8 nitrogen and oxygen atoms in total. The molecule has 2 aliphatic rings. The number of pyridine rings is 1. The summed E-state index contributed by atoms with van der Waals surface area (Å²) in [5.41, 5.74) is 0.577. The highest BCUT2D eigenvalue weighted by molar-refractivity contribution is 5.97. The van der Waals surface area contributed by atoms with Gasteiger partial charge in [-0.25, -0.2) is 9.36 Å². The Labute approximate surface area is 160 Å². The number of imidazole rings is 1. The predicted octanol–water partition coefficient (Wildman–Crippen LogP) is 2.68. The van der Waals surface area contributed by atoms with Crippen LogP contribution in [0.2, 0.25) is 0 Å². The van der Waals surface area contributed by atoms with Gasteiger partial charge >= 0.3 is 5.69 Å². The lowest BCUT2D eigenvalue weighted by Gasteiger charge is -2.27. The van der Waals surface area contributed by atoms with Crippen molar-refractivity contribution in [2.24, 2.45) is 0 Å². The summed E-state index contributed by atoms with van der Waals surface area (Å²) >= 11 is 0. The van der Waals surface area contributed by atoms with Crippen molar-refractivity contribution in [3.05, 3.63) is 58.1 Å². The Morgan fingerprint density at radius 1 is 1.36 bits per heavy atom. The summed E-state index contributed by atoms with van der Waals surface area (Å²) < 4.78 is 2.86. The first-order valence-corrected chi connectivity index (χ1v) is 9.18. The predicted molar refractivity (Wildman–Crippen MR) is 102 cm³/mol. The number of aromatic hydroxyl groups is 1. The number of benzene rings is 1. The van der Waals surface area contributed by atoms with Crippen molar-refractivity contribution >= 4 is 22.5 Å². The second-order valence-electron chi connectivity index (χ2n) is 7.13. The van der Waals surface area contributed by atoms with Gasteiger partial charge in [-0.05, 0) is 6.42 Å². The molecule has 1 N–H and O–H groups in total. The fourth-order valence-corrected chi connectivity index (χ4v) is 4.57. The summed E-state index contributed by atoms with van der Waals surface area (Å²) in [5.74, 6) is 0.110. The number of hydrogen-bond acceptors (Lipinski definition) is 4. The molecule has 140 valence electrons. The Balaban J connectivity index is 1.74. The van der Waals surface area contributed by atoms with Crippen molar-refractivity contribution in [3.8, 4) is 11.6 Å². The minimum Gasteiger partial charge on any atom is -0.493 e. The van der Waals surface area contributed by atoms with Gasteiger partial charge in [0.05, 0.1) is 12.1 Å². The number of carbonyl (C=O) groups excluding carboxylic acids is 1. The molecule has 0 aliphatic carbocycles. The zero-order valence-electron chi connectivity index (χ0n) is 15.2. The standard InChI is InChI=1S/C20H17N5O3/c1-3-16(26)23-10-11-8-14(23)17-19(27)25(20(28)24(11)17)15-9-22-18(21-2)13-7-5-4-6-12(13)15/h4-7,9,11,14,27H,3,8,10H2,1H3/t11?,14-/m1/s1. The lowest BCUT2D eigenvalue weighted by molar-refractivity contribution is -0.132. The van der Waals surface area contributed by atoms with Crippen molar-refractivity contribution in [1.82, 2.24) is 19.0 Å². The van der Waals surface area contributed by atoms with E-state index in [1.165, 1.54) is 10.8 Å². The molecule has 1 saturated heterocycles. The second kappa shape index (κ2) is 5.70. The molecular weight excluding hydrogens is 358 g/mol. The summed E-state index contributed by atoms with van der Waals surface area (Å²) in [6, 6.07) is 6.79. The van der Waals surface area contributed by atoms with Crippen LogP contribution in [0, 0.1) is 6.57 Å². The molecule has 2 bridgehead atoms. The first-order valence-electron chi connectivity index (χ1n) is 9.18. The van der Waals surface area contributed by atoms with E-state index in [-0.39, 0.29) is 35.4 Å². The van der Waals surface area contributed by atoms with Crippen LogP contribution in [0.15, 0.2) is 35.3 Å². The Bertz CT molecular complexity index is 1250. The first-order chi connectivity index (χ1) is 13.6. The third kappa shape index (κ3) is 1.96. The number of aromatic nitrogens is 3. The summed E-state index contributed by atoms with van der Waals surface area (Å²) in [4.78, 5) is 34.8. The van der Waals surface area contributed by atoms with Gasteiger partial charge in [-0.1, -0.05) is 37.8 Å². The highest BCUT2D eigenvalue weighted by atomic mass is 16.3. The molecule has 1 fully saturated rings. The number of amides is 1. The quantitative estimate of drug-likeness (QED) is 0.698. The van der Waals surface area contributed by atoms with E-state index >= 15 is 0 Å². The minimum absolute atomic E-state index is 0.0203.